The Morgan fingerprint density at radius 3 is 2.10 bits per heavy atom. The van der Waals surface area contributed by atoms with Crippen molar-refractivity contribution in [2.45, 2.75) is 24.5 Å². The van der Waals surface area contributed by atoms with E-state index in [1.54, 1.807) is 56.6 Å². The number of nitrogens with zero attached hydrogens (tertiary/aromatic N) is 2. The fourth-order valence-electron chi connectivity index (χ4n) is 5.78. The summed E-state index contributed by atoms with van der Waals surface area (Å²) in [6.07, 6.45) is -0.694. The first-order valence-corrected chi connectivity index (χ1v) is 17.3. The Balaban J connectivity index is 1.56. The molecule has 0 bridgehead atoms. The number of ether oxygens (including phenoxy) is 3. The predicted octanol–water partition coefficient (Wildman–Crippen LogP) is 7.95. The van der Waals surface area contributed by atoms with E-state index >= 15 is 0 Å². The highest BCUT2D eigenvalue weighted by molar-refractivity contribution is 9.10. The summed E-state index contributed by atoms with van der Waals surface area (Å²) in [5.41, 5.74) is 4.56. The van der Waals surface area contributed by atoms with Crippen LogP contribution in [0.25, 0.3) is 0 Å². The van der Waals surface area contributed by atoms with Crippen molar-refractivity contribution in [1.82, 2.24) is 0 Å². The second-order valence-electron chi connectivity index (χ2n) is 11.2. The summed E-state index contributed by atoms with van der Waals surface area (Å²) in [6, 6.07) is 32.5. The molecular formula is C37H34BrN3O6S. The predicted molar refractivity (Wildman–Crippen MR) is 191 cm³/mol. The molecule has 1 amide bonds. The number of carbonyl (C=O) groups excluding carboxylic acids is 1. The van der Waals surface area contributed by atoms with Gasteiger partial charge in [0.05, 0.1) is 37.5 Å². The third-order valence-corrected chi connectivity index (χ3v) is 10.3. The highest BCUT2D eigenvalue weighted by Crippen LogP contribution is 2.47. The molecule has 9 nitrogen and oxygen atoms in total. The van der Waals surface area contributed by atoms with Crippen LogP contribution in [0.4, 0.5) is 17.1 Å². The van der Waals surface area contributed by atoms with Gasteiger partial charge in [-0.1, -0.05) is 64.0 Å². The van der Waals surface area contributed by atoms with Crippen LogP contribution in [0, 0.1) is 6.92 Å². The Labute approximate surface area is 288 Å². The molecule has 0 radical (unpaired) electrons. The number of nitrogens with one attached hydrogen (secondary N) is 1. The van der Waals surface area contributed by atoms with Crippen LogP contribution in [-0.4, -0.2) is 35.7 Å². The number of hydrogen-bond donors (Lipinski definition) is 1. The molecule has 0 saturated heterocycles. The summed E-state index contributed by atoms with van der Waals surface area (Å²) in [7, 11) is 0.672. The number of amides is 1. The number of anilines is 3. The van der Waals surface area contributed by atoms with Gasteiger partial charge in [-0.3, -0.25) is 14.4 Å². The molecule has 5 aromatic rings. The number of rotatable bonds is 10. The minimum Gasteiger partial charge on any atom is -0.497 e. The van der Waals surface area contributed by atoms with Gasteiger partial charge in [0.15, 0.2) is 11.5 Å². The lowest BCUT2D eigenvalue weighted by atomic mass is 9.98. The molecule has 1 N–H and O–H groups in total. The van der Waals surface area contributed by atoms with Crippen LogP contribution in [-0.2, 0) is 16.6 Å². The van der Waals surface area contributed by atoms with Gasteiger partial charge in [0.1, 0.15) is 11.9 Å². The van der Waals surface area contributed by atoms with Crippen molar-refractivity contribution in [3.63, 3.8) is 0 Å². The molecule has 48 heavy (non-hydrogen) atoms. The summed E-state index contributed by atoms with van der Waals surface area (Å²) in [5.74, 6) is 1.27. The maximum absolute atomic E-state index is 14.8. The van der Waals surface area contributed by atoms with E-state index in [2.05, 4.69) is 25.6 Å². The van der Waals surface area contributed by atoms with E-state index in [-0.39, 0.29) is 16.4 Å². The summed E-state index contributed by atoms with van der Waals surface area (Å²) >= 11 is 3.75. The molecule has 1 heterocycles. The normalized spacial score (nSPS) is 14.4. The lowest BCUT2D eigenvalue weighted by Crippen LogP contribution is -2.49. The molecule has 0 aromatic heterocycles. The zero-order valence-corrected chi connectivity index (χ0v) is 29.2. The van der Waals surface area contributed by atoms with Crippen molar-refractivity contribution in [2.24, 2.45) is 0 Å². The van der Waals surface area contributed by atoms with Gasteiger partial charge < -0.3 is 19.1 Å². The van der Waals surface area contributed by atoms with Crippen LogP contribution in [0.1, 0.15) is 33.2 Å². The van der Waals surface area contributed by atoms with Crippen LogP contribution in [0.15, 0.2) is 119 Å². The Bertz CT molecular complexity index is 2060. The van der Waals surface area contributed by atoms with Crippen LogP contribution in [0.2, 0.25) is 0 Å². The van der Waals surface area contributed by atoms with Gasteiger partial charge in [-0.05, 0) is 79.2 Å². The van der Waals surface area contributed by atoms with Crippen molar-refractivity contribution in [2.75, 3.05) is 35.9 Å². The fourth-order valence-corrected chi connectivity index (χ4v) is 7.39. The first kappa shape index (κ1) is 32.9. The van der Waals surface area contributed by atoms with Crippen molar-refractivity contribution in [3.05, 3.63) is 136 Å². The topological polar surface area (TPSA) is 97.4 Å². The SMILES string of the molecule is COc1ccc(N2C(=O)c3cc(S(=O)(=O)Nc4ccc(C)cc4)ccc3N(Cc3ccccc3)[C@H]2c2cc(OC)c(OC)cc2Br)cc1. The Hall–Kier alpha value is -5.00. The van der Waals surface area contributed by atoms with Crippen LogP contribution in [0.3, 0.4) is 0 Å². The lowest BCUT2D eigenvalue weighted by Gasteiger charge is -2.46. The Kier molecular flexibility index (Phi) is 9.34. The highest BCUT2D eigenvalue weighted by Gasteiger charge is 2.41. The standard InChI is InChI=1S/C37H34BrN3O6S/c1-24-10-12-26(13-11-24)39-48(43,44)29-18-19-33-31(20-29)37(42)41(27-14-16-28(45-2)17-15-27)36(40(33)23-25-8-6-5-7-9-25)30-21-34(46-3)35(47-4)22-32(30)38/h5-22,36,39H,23H2,1-4H3/t36-/m1/s1. The van der Waals surface area contributed by atoms with E-state index in [4.69, 9.17) is 14.2 Å². The number of hydrogen-bond acceptors (Lipinski definition) is 7. The van der Waals surface area contributed by atoms with Gasteiger partial charge in [0.25, 0.3) is 15.9 Å². The summed E-state index contributed by atoms with van der Waals surface area (Å²) in [4.78, 5) is 18.5. The van der Waals surface area contributed by atoms with Crippen LogP contribution >= 0.6 is 15.9 Å². The Morgan fingerprint density at radius 1 is 0.792 bits per heavy atom. The van der Waals surface area contributed by atoms with E-state index in [9.17, 15) is 13.2 Å². The smallest absolute Gasteiger partial charge is 0.262 e. The van der Waals surface area contributed by atoms with Crippen molar-refractivity contribution in [3.8, 4) is 17.2 Å². The number of carbonyl (C=O) groups is 1. The summed E-state index contributed by atoms with van der Waals surface area (Å²) in [5, 5.41) is 0. The third-order valence-electron chi connectivity index (χ3n) is 8.21. The second-order valence-corrected chi connectivity index (χ2v) is 13.8. The van der Waals surface area contributed by atoms with E-state index in [0.29, 0.717) is 45.3 Å². The van der Waals surface area contributed by atoms with E-state index in [1.165, 1.54) is 12.1 Å². The van der Waals surface area contributed by atoms with Gasteiger partial charge in [0.2, 0.25) is 0 Å². The maximum Gasteiger partial charge on any atom is 0.262 e. The molecule has 246 valence electrons. The van der Waals surface area contributed by atoms with Gasteiger partial charge in [-0.25, -0.2) is 8.42 Å². The number of aryl methyl sites for hydroxylation is 1. The average molecular weight is 729 g/mol. The van der Waals surface area contributed by atoms with Crippen molar-refractivity contribution >= 4 is 48.9 Å². The molecule has 0 unspecified atom stereocenters. The molecule has 0 fully saturated rings. The maximum atomic E-state index is 14.8. The summed E-state index contributed by atoms with van der Waals surface area (Å²) < 4.78 is 47.3. The molecule has 0 saturated carbocycles. The number of fused-ring (bicyclic) bond motifs is 1. The van der Waals surface area contributed by atoms with Crippen molar-refractivity contribution in [1.29, 1.82) is 0 Å². The number of benzene rings is 5. The Morgan fingerprint density at radius 2 is 1.46 bits per heavy atom. The van der Waals surface area contributed by atoms with Crippen molar-refractivity contribution < 1.29 is 27.4 Å². The molecule has 1 aliphatic heterocycles. The number of methoxy groups -OCH3 is 3. The van der Waals surface area contributed by atoms with Crippen LogP contribution in [0.5, 0.6) is 17.2 Å². The summed E-state index contributed by atoms with van der Waals surface area (Å²) in [6.45, 7) is 2.32. The quantitative estimate of drug-likeness (QED) is 0.156. The minimum absolute atomic E-state index is 0.0322. The monoisotopic (exact) mass is 727 g/mol. The second kappa shape index (κ2) is 13.6. The lowest BCUT2D eigenvalue weighted by molar-refractivity contribution is 0.0967. The molecule has 11 heteroatoms. The van der Waals surface area contributed by atoms with Crippen LogP contribution < -0.4 is 28.7 Å². The molecule has 1 atom stereocenters. The first-order chi connectivity index (χ1) is 23.1. The van der Waals surface area contributed by atoms with Gasteiger partial charge in [-0.15, -0.1) is 0 Å². The molecule has 0 aliphatic carbocycles. The highest BCUT2D eigenvalue weighted by atomic mass is 79.9. The van der Waals surface area contributed by atoms with E-state index in [1.807, 2.05) is 73.7 Å². The zero-order chi connectivity index (χ0) is 34.0. The fraction of sp³-hybridized carbons (Fsp3) is 0.162. The molecule has 0 spiro atoms. The van der Waals surface area contributed by atoms with Gasteiger partial charge in [0, 0.05) is 28.0 Å². The van der Waals surface area contributed by atoms with E-state index < -0.39 is 16.2 Å². The largest absolute Gasteiger partial charge is 0.497 e. The minimum atomic E-state index is -4.03. The average Bonchev–Trinajstić information content (AvgIpc) is 3.10. The molecule has 5 aromatic carbocycles. The van der Waals surface area contributed by atoms with Gasteiger partial charge in [-0.2, -0.15) is 0 Å². The number of sulfonamides is 1. The molecular weight excluding hydrogens is 694 g/mol. The first-order valence-electron chi connectivity index (χ1n) is 15.1. The molecule has 6 rings (SSSR count). The van der Waals surface area contributed by atoms with Gasteiger partial charge >= 0.3 is 0 Å². The zero-order valence-electron chi connectivity index (χ0n) is 26.8. The third kappa shape index (κ3) is 6.43. The molecule has 1 aliphatic rings. The van der Waals surface area contributed by atoms with E-state index in [0.717, 1.165) is 16.7 Å². The number of halogens is 1.